The summed E-state index contributed by atoms with van der Waals surface area (Å²) in [6.07, 6.45) is 3.83. The highest BCUT2D eigenvalue weighted by Gasteiger charge is 1.91. The number of thiol groups is 1. The average molecular weight is 172 g/mol. The summed E-state index contributed by atoms with van der Waals surface area (Å²) in [4.78, 5) is 0. The van der Waals surface area contributed by atoms with Gasteiger partial charge in [0.15, 0.2) is 0 Å². The molecule has 1 atom stereocenters. The van der Waals surface area contributed by atoms with Gasteiger partial charge in [0.05, 0.1) is 0 Å². The molecule has 0 heterocycles. The molecule has 0 N–H and O–H groups in total. The normalized spacial score (nSPS) is 12.9. The van der Waals surface area contributed by atoms with Gasteiger partial charge in [-0.25, -0.2) is 0 Å². The molecule has 0 fully saturated rings. The van der Waals surface area contributed by atoms with Crippen LogP contribution in [0.5, 0.6) is 0 Å². The SMILES string of the molecule is C=[PH](OS)c1ccccc1. The standard InChI is InChI=1S/C7H9OPS/c1-9(8-10)7-5-3-2-4-6-7/h2-6,9-10H,1H2. The Kier molecular flexibility index (Phi) is 3.07. The van der Waals surface area contributed by atoms with E-state index in [0.717, 1.165) is 5.30 Å². The molecule has 1 nitrogen and oxygen atoms in total. The van der Waals surface area contributed by atoms with Crippen LogP contribution in [-0.2, 0) is 3.97 Å². The van der Waals surface area contributed by atoms with Crippen LogP contribution >= 0.6 is 20.7 Å². The van der Waals surface area contributed by atoms with E-state index in [2.05, 4.69) is 19.2 Å². The summed E-state index contributed by atoms with van der Waals surface area (Å²) in [6.45, 7) is 0. The van der Waals surface area contributed by atoms with Gasteiger partial charge in [0.25, 0.3) is 0 Å². The minimum absolute atomic E-state index is 1.09. The van der Waals surface area contributed by atoms with E-state index >= 15 is 0 Å². The van der Waals surface area contributed by atoms with Crippen molar-refractivity contribution < 1.29 is 3.97 Å². The molecule has 1 aromatic rings. The molecule has 0 bridgehead atoms. The lowest BCUT2D eigenvalue weighted by molar-refractivity contribution is 0.762. The molecule has 1 rings (SSSR count). The molecule has 54 valence electrons. The first-order chi connectivity index (χ1) is 4.84. The van der Waals surface area contributed by atoms with E-state index in [1.165, 1.54) is 0 Å². The Morgan fingerprint density at radius 2 is 1.90 bits per heavy atom. The molecule has 1 aromatic carbocycles. The molecular formula is C7H9OPS. The second-order valence-corrected chi connectivity index (χ2v) is 4.03. The molecule has 0 aromatic heterocycles. The topological polar surface area (TPSA) is 9.23 Å². The molecule has 1 unspecified atom stereocenters. The number of hydrogen-bond acceptors (Lipinski definition) is 2. The third-order valence-electron chi connectivity index (χ3n) is 1.21. The van der Waals surface area contributed by atoms with E-state index in [9.17, 15) is 0 Å². The fourth-order valence-corrected chi connectivity index (χ4v) is 1.66. The lowest BCUT2D eigenvalue weighted by Crippen LogP contribution is -1.92. The average Bonchev–Trinajstić information content (AvgIpc) is 2.05. The zero-order chi connectivity index (χ0) is 7.40. The van der Waals surface area contributed by atoms with Crippen LogP contribution in [0, 0.1) is 0 Å². The Bertz CT molecular complexity index is 222. The highest BCUT2D eigenvalue weighted by molar-refractivity contribution is 7.82. The van der Waals surface area contributed by atoms with Gasteiger partial charge < -0.3 is 0 Å². The van der Waals surface area contributed by atoms with Crippen LogP contribution in [0.15, 0.2) is 30.3 Å². The van der Waals surface area contributed by atoms with Gasteiger partial charge in [-0.05, 0) is 18.2 Å². The molecule has 0 amide bonds. The lowest BCUT2D eigenvalue weighted by atomic mass is 10.4. The molecule has 0 radical (unpaired) electrons. The Labute approximate surface area is 67.1 Å². The minimum atomic E-state index is -1.09. The number of benzene rings is 1. The van der Waals surface area contributed by atoms with Crippen molar-refractivity contribution in [2.24, 2.45) is 0 Å². The number of hydrogen-bond donors (Lipinski definition) is 1. The maximum absolute atomic E-state index is 4.82. The monoisotopic (exact) mass is 172 g/mol. The fourth-order valence-electron chi connectivity index (χ4n) is 0.677. The van der Waals surface area contributed by atoms with Gasteiger partial charge in [-0.1, -0.05) is 36.6 Å². The summed E-state index contributed by atoms with van der Waals surface area (Å²) in [5.41, 5.74) is 0. The van der Waals surface area contributed by atoms with Crippen LogP contribution < -0.4 is 5.30 Å². The first kappa shape index (κ1) is 7.93. The zero-order valence-electron chi connectivity index (χ0n) is 5.45. The maximum Gasteiger partial charge on any atom is 0.0329 e. The van der Waals surface area contributed by atoms with E-state index in [0.29, 0.717) is 0 Å². The summed E-state index contributed by atoms with van der Waals surface area (Å²) in [5, 5.41) is 1.14. The molecule has 0 aliphatic heterocycles. The molecule has 10 heavy (non-hydrogen) atoms. The third kappa shape index (κ3) is 1.91. The first-order valence-electron chi connectivity index (χ1n) is 2.90. The van der Waals surface area contributed by atoms with Crippen molar-refractivity contribution in [3.05, 3.63) is 30.3 Å². The fraction of sp³-hybridized carbons (Fsp3) is 0. The van der Waals surface area contributed by atoms with Crippen molar-refractivity contribution >= 4 is 32.3 Å². The van der Waals surface area contributed by atoms with E-state index in [4.69, 9.17) is 3.97 Å². The molecule has 0 spiro atoms. The highest BCUT2D eigenvalue weighted by atomic mass is 32.1. The zero-order valence-corrected chi connectivity index (χ0v) is 7.34. The van der Waals surface area contributed by atoms with Crippen molar-refractivity contribution in [2.75, 3.05) is 0 Å². The second-order valence-electron chi connectivity index (χ2n) is 1.88. The van der Waals surface area contributed by atoms with Crippen LogP contribution in [0.1, 0.15) is 0 Å². The predicted octanol–water partition coefficient (Wildman–Crippen LogP) is 1.73. The van der Waals surface area contributed by atoms with Crippen molar-refractivity contribution in [1.82, 2.24) is 0 Å². The van der Waals surface area contributed by atoms with Crippen LogP contribution in [0.4, 0.5) is 0 Å². The van der Waals surface area contributed by atoms with E-state index < -0.39 is 7.77 Å². The highest BCUT2D eigenvalue weighted by Crippen LogP contribution is 2.21. The predicted molar refractivity (Wildman–Crippen MR) is 51.6 cm³/mol. The smallest absolute Gasteiger partial charge is 0.0329 e. The molecule has 3 heteroatoms. The molecule has 0 aliphatic carbocycles. The van der Waals surface area contributed by atoms with Gasteiger partial charge in [-0.3, -0.25) is 3.97 Å². The summed E-state index contributed by atoms with van der Waals surface area (Å²) in [5.74, 6) is 0. The first-order valence-corrected chi connectivity index (χ1v) is 4.88. The summed E-state index contributed by atoms with van der Waals surface area (Å²) in [6, 6.07) is 9.90. The van der Waals surface area contributed by atoms with Crippen LogP contribution in [0.25, 0.3) is 0 Å². The third-order valence-corrected chi connectivity index (χ3v) is 3.06. The molecule has 0 saturated heterocycles. The largest absolute Gasteiger partial charge is 0.298 e. The van der Waals surface area contributed by atoms with Crippen LogP contribution in [-0.4, -0.2) is 6.30 Å². The maximum atomic E-state index is 4.82. The Hall–Kier alpha value is -0.170. The molecular weight excluding hydrogens is 163 g/mol. The van der Waals surface area contributed by atoms with Crippen molar-refractivity contribution in [3.8, 4) is 0 Å². The van der Waals surface area contributed by atoms with Crippen LogP contribution in [0.3, 0.4) is 0 Å². The number of rotatable bonds is 2. The second kappa shape index (κ2) is 3.87. The minimum Gasteiger partial charge on any atom is -0.298 e. The Morgan fingerprint density at radius 1 is 1.30 bits per heavy atom. The van der Waals surface area contributed by atoms with Gasteiger partial charge in [-0.15, -0.1) is 0 Å². The van der Waals surface area contributed by atoms with E-state index in [1.807, 2.05) is 30.3 Å². The van der Waals surface area contributed by atoms with Crippen LogP contribution in [0.2, 0.25) is 0 Å². The lowest BCUT2D eigenvalue weighted by Gasteiger charge is -2.00. The van der Waals surface area contributed by atoms with Gasteiger partial charge in [0.1, 0.15) is 0 Å². The van der Waals surface area contributed by atoms with Crippen molar-refractivity contribution in [3.63, 3.8) is 0 Å². The van der Waals surface area contributed by atoms with Gasteiger partial charge in [-0.2, -0.15) is 0 Å². The van der Waals surface area contributed by atoms with Crippen molar-refractivity contribution in [2.45, 2.75) is 0 Å². The molecule has 0 saturated carbocycles. The quantitative estimate of drug-likeness (QED) is 0.406. The molecule has 0 aliphatic rings. The Morgan fingerprint density at radius 3 is 2.40 bits per heavy atom. The summed E-state index contributed by atoms with van der Waals surface area (Å²) < 4.78 is 4.82. The van der Waals surface area contributed by atoms with Crippen molar-refractivity contribution in [1.29, 1.82) is 0 Å². The van der Waals surface area contributed by atoms with Gasteiger partial charge in [0, 0.05) is 7.77 Å². The summed E-state index contributed by atoms with van der Waals surface area (Å²) >= 11 is 3.71. The van der Waals surface area contributed by atoms with Gasteiger partial charge in [0.2, 0.25) is 0 Å². The van der Waals surface area contributed by atoms with E-state index in [-0.39, 0.29) is 0 Å². The van der Waals surface area contributed by atoms with E-state index in [1.54, 1.807) is 0 Å². The Balaban J connectivity index is 2.85. The summed E-state index contributed by atoms with van der Waals surface area (Å²) in [7, 11) is -1.09. The van der Waals surface area contributed by atoms with Gasteiger partial charge >= 0.3 is 0 Å².